The van der Waals surface area contributed by atoms with Crippen molar-refractivity contribution < 1.29 is 5.11 Å². The van der Waals surface area contributed by atoms with Crippen LogP contribution in [0, 0.1) is 0 Å². The molecule has 3 aromatic carbocycles. The van der Waals surface area contributed by atoms with Crippen LogP contribution >= 0.6 is 6.89 Å². The molecular formula is C20H19OP. The summed E-state index contributed by atoms with van der Waals surface area (Å²) in [7, 11) is 0. The van der Waals surface area contributed by atoms with Gasteiger partial charge in [-0.05, 0) is 28.6 Å². The Balaban J connectivity index is 2.38. The third-order valence-electron chi connectivity index (χ3n) is 3.85. The van der Waals surface area contributed by atoms with Crippen molar-refractivity contribution in [1.29, 1.82) is 0 Å². The van der Waals surface area contributed by atoms with Crippen LogP contribution in [0.5, 0.6) is 0 Å². The molecule has 1 nitrogen and oxygen atoms in total. The van der Waals surface area contributed by atoms with E-state index in [1.54, 1.807) is 0 Å². The van der Waals surface area contributed by atoms with Crippen LogP contribution in [0.2, 0.25) is 0 Å². The molecule has 0 aliphatic rings. The molecule has 0 spiro atoms. The van der Waals surface area contributed by atoms with Gasteiger partial charge in [-0.25, -0.2) is 0 Å². The van der Waals surface area contributed by atoms with Crippen molar-refractivity contribution in [2.24, 2.45) is 0 Å². The second kappa shape index (κ2) is 6.79. The Morgan fingerprint density at radius 1 is 0.591 bits per heavy atom. The fourth-order valence-corrected chi connectivity index (χ4v) is 6.57. The van der Waals surface area contributed by atoms with Gasteiger partial charge in [-0.2, -0.15) is 0 Å². The van der Waals surface area contributed by atoms with Crippen LogP contribution in [0.25, 0.3) is 0 Å². The van der Waals surface area contributed by atoms with Crippen molar-refractivity contribution in [2.45, 2.75) is 0 Å². The maximum atomic E-state index is 9.76. The maximum absolute atomic E-state index is 9.76. The van der Waals surface area contributed by atoms with Crippen molar-refractivity contribution in [2.75, 3.05) is 6.61 Å². The molecule has 0 bridgehead atoms. The molecule has 0 amide bonds. The van der Waals surface area contributed by atoms with Gasteiger partial charge in [0.1, 0.15) is 0 Å². The molecule has 22 heavy (non-hydrogen) atoms. The SMILES string of the molecule is OCC=P(c1ccccc1)(c1ccccc1)c1ccccc1. The number of benzene rings is 3. The zero-order valence-corrected chi connectivity index (χ0v) is 13.2. The van der Waals surface area contributed by atoms with Crippen LogP contribution in [0.3, 0.4) is 0 Å². The molecule has 0 aromatic heterocycles. The largest absolute Gasteiger partial charge is 0.392 e. The Kier molecular flexibility index (Phi) is 4.58. The Morgan fingerprint density at radius 3 is 1.18 bits per heavy atom. The number of hydrogen-bond acceptors (Lipinski definition) is 1. The average molecular weight is 306 g/mol. The molecule has 2 heteroatoms. The normalized spacial score (nSPS) is 11.1. The monoisotopic (exact) mass is 306 g/mol. The lowest BCUT2D eigenvalue weighted by Gasteiger charge is -2.28. The van der Waals surface area contributed by atoms with E-state index in [-0.39, 0.29) is 6.61 Å². The van der Waals surface area contributed by atoms with Crippen molar-refractivity contribution in [3.8, 4) is 0 Å². The molecule has 0 fully saturated rings. The standard InChI is InChI=1S/C20H19OP/c21-16-17-22(18-10-4-1-5-11-18,19-12-6-2-7-13-19)20-14-8-3-9-15-20/h1-15,17,21H,16H2. The summed E-state index contributed by atoms with van der Waals surface area (Å²) in [5.41, 5.74) is 0. The van der Waals surface area contributed by atoms with Gasteiger partial charge >= 0.3 is 0 Å². The summed E-state index contributed by atoms with van der Waals surface area (Å²) in [4.78, 5) is 0. The zero-order valence-electron chi connectivity index (χ0n) is 12.3. The van der Waals surface area contributed by atoms with Crippen LogP contribution in [-0.4, -0.2) is 17.5 Å². The molecule has 0 saturated carbocycles. The molecule has 0 aliphatic heterocycles. The van der Waals surface area contributed by atoms with Gasteiger partial charge < -0.3 is 5.11 Å². The van der Waals surface area contributed by atoms with Gasteiger partial charge in [0.2, 0.25) is 0 Å². The molecular weight excluding hydrogens is 287 g/mol. The first kappa shape index (κ1) is 14.8. The summed E-state index contributed by atoms with van der Waals surface area (Å²) in [6, 6.07) is 31.5. The summed E-state index contributed by atoms with van der Waals surface area (Å²) >= 11 is 0. The molecule has 3 aromatic rings. The van der Waals surface area contributed by atoms with Gasteiger partial charge in [-0.1, -0.05) is 91.0 Å². The van der Waals surface area contributed by atoms with E-state index in [1.807, 2.05) is 18.2 Å². The first-order valence-electron chi connectivity index (χ1n) is 7.39. The molecule has 110 valence electrons. The smallest absolute Gasteiger partial charge is 0.0625 e. The van der Waals surface area contributed by atoms with Gasteiger partial charge in [0.15, 0.2) is 0 Å². The first-order valence-corrected chi connectivity index (χ1v) is 9.24. The third-order valence-corrected chi connectivity index (χ3v) is 7.89. The summed E-state index contributed by atoms with van der Waals surface area (Å²) < 4.78 is 0. The van der Waals surface area contributed by atoms with E-state index in [1.165, 1.54) is 15.9 Å². The highest BCUT2D eigenvalue weighted by atomic mass is 31.2. The van der Waals surface area contributed by atoms with Gasteiger partial charge in [-0.15, -0.1) is 0 Å². The van der Waals surface area contributed by atoms with E-state index >= 15 is 0 Å². The first-order chi connectivity index (χ1) is 10.9. The van der Waals surface area contributed by atoms with Crippen LogP contribution in [0.15, 0.2) is 91.0 Å². The average Bonchev–Trinajstić information content (AvgIpc) is 2.62. The third kappa shape index (κ3) is 2.66. The fourth-order valence-electron chi connectivity index (χ4n) is 2.88. The highest BCUT2D eigenvalue weighted by molar-refractivity contribution is 7.94. The van der Waals surface area contributed by atoms with Crippen LogP contribution in [0.1, 0.15) is 0 Å². The highest BCUT2D eigenvalue weighted by Gasteiger charge is 2.23. The summed E-state index contributed by atoms with van der Waals surface area (Å²) in [6.07, 6.45) is 0. The topological polar surface area (TPSA) is 20.2 Å². The molecule has 1 N–H and O–H groups in total. The predicted molar refractivity (Wildman–Crippen MR) is 98.3 cm³/mol. The Hall–Kier alpha value is -2.08. The molecule has 0 saturated heterocycles. The quantitative estimate of drug-likeness (QED) is 0.735. The second-order valence-electron chi connectivity index (χ2n) is 5.09. The number of rotatable bonds is 4. The van der Waals surface area contributed by atoms with Gasteiger partial charge in [-0.3, -0.25) is 0 Å². The number of hydrogen-bond donors (Lipinski definition) is 1. The van der Waals surface area contributed by atoms with E-state index in [0.29, 0.717) is 0 Å². The van der Waals surface area contributed by atoms with Gasteiger partial charge in [0.25, 0.3) is 0 Å². The fraction of sp³-hybridized carbons (Fsp3) is 0.0500. The minimum Gasteiger partial charge on any atom is -0.392 e. The van der Waals surface area contributed by atoms with Crippen LogP contribution in [0.4, 0.5) is 0 Å². The van der Waals surface area contributed by atoms with Crippen LogP contribution in [-0.2, 0) is 0 Å². The summed E-state index contributed by atoms with van der Waals surface area (Å²) in [5.74, 6) is 2.09. The Labute approximate surface area is 131 Å². The van der Waals surface area contributed by atoms with Crippen molar-refractivity contribution in [1.82, 2.24) is 0 Å². The summed E-state index contributed by atoms with van der Waals surface area (Å²) in [5, 5.41) is 13.6. The molecule has 0 unspecified atom stereocenters. The van der Waals surface area contributed by atoms with Gasteiger partial charge in [0.05, 0.1) is 6.61 Å². The molecule has 0 aliphatic carbocycles. The zero-order chi connectivity index (χ0) is 15.3. The Bertz CT molecular complexity index is 661. The van der Waals surface area contributed by atoms with Crippen molar-refractivity contribution >= 4 is 28.6 Å². The highest BCUT2D eigenvalue weighted by Crippen LogP contribution is 2.43. The van der Waals surface area contributed by atoms with E-state index in [2.05, 4.69) is 78.6 Å². The van der Waals surface area contributed by atoms with E-state index in [4.69, 9.17) is 0 Å². The van der Waals surface area contributed by atoms with E-state index in [9.17, 15) is 5.11 Å². The maximum Gasteiger partial charge on any atom is 0.0625 e. The van der Waals surface area contributed by atoms with E-state index < -0.39 is 6.89 Å². The second-order valence-corrected chi connectivity index (χ2v) is 8.45. The molecule has 0 atom stereocenters. The minimum atomic E-state index is -1.93. The lowest BCUT2D eigenvalue weighted by atomic mass is 10.4. The van der Waals surface area contributed by atoms with Gasteiger partial charge in [0, 0.05) is 0 Å². The molecule has 0 heterocycles. The van der Waals surface area contributed by atoms with Crippen LogP contribution < -0.4 is 15.9 Å². The molecule has 3 rings (SSSR count). The lowest BCUT2D eigenvalue weighted by molar-refractivity contribution is 0.363. The minimum absolute atomic E-state index is 0.0620. The molecule has 0 radical (unpaired) electrons. The lowest BCUT2D eigenvalue weighted by Crippen LogP contribution is -2.27. The number of aliphatic hydroxyl groups excluding tert-OH is 1. The van der Waals surface area contributed by atoms with Crippen molar-refractivity contribution in [3.63, 3.8) is 0 Å². The van der Waals surface area contributed by atoms with E-state index in [0.717, 1.165) is 0 Å². The number of aliphatic hydroxyl groups is 1. The van der Waals surface area contributed by atoms with Crippen molar-refractivity contribution in [3.05, 3.63) is 91.0 Å². The summed E-state index contributed by atoms with van der Waals surface area (Å²) in [6.45, 7) is -1.87. The Morgan fingerprint density at radius 2 is 0.909 bits per heavy atom. The predicted octanol–water partition coefficient (Wildman–Crippen LogP) is 2.78.